The molecule has 162 valence electrons. The van der Waals surface area contributed by atoms with Gasteiger partial charge >= 0.3 is 0 Å². The van der Waals surface area contributed by atoms with Gasteiger partial charge in [-0.15, -0.1) is 6.58 Å². The molecule has 0 bridgehead atoms. The molecule has 2 aromatic rings. The minimum absolute atomic E-state index is 0.106. The molecular formula is C29H32F2. The summed E-state index contributed by atoms with van der Waals surface area (Å²) in [4.78, 5) is 0. The van der Waals surface area contributed by atoms with Crippen molar-refractivity contribution in [2.45, 2.75) is 64.2 Å². The first kappa shape index (κ1) is 21.8. The second-order valence-electron chi connectivity index (χ2n) is 9.51. The Morgan fingerprint density at radius 2 is 1.65 bits per heavy atom. The van der Waals surface area contributed by atoms with Gasteiger partial charge in [0.25, 0.3) is 0 Å². The van der Waals surface area contributed by atoms with Crippen LogP contribution in [0.4, 0.5) is 8.78 Å². The van der Waals surface area contributed by atoms with Crippen LogP contribution in [0.2, 0.25) is 0 Å². The van der Waals surface area contributed by atoms with Gasteiger partial charge in [0.2, 0.25) is 0 Å². The molecule has 0 aliphatic heterocycles. The second kappa shape index (κ2) is 9.82. The highest BCUT2D eigenvalue weighted by Gasteiger charge is 2.35. The lowest BCUT2D eigenvalue weighted by molar-refractivity contribution is 0.115. The molecule has 4 atom stereocenters. The normalized spacial score (nSPS) is 25.3. The highest BCUT2D eigenvalue weighted by atomic mass is 19.2. The SMILES string of the molecule is C=CCCC1CCC2CC(c3ccc(C#Cc4ccc(C)c(F)c4F)cc3)CCC2C1. The van der Waals surface area contributed by atoms with Crippen LogP contribution in [-0.4, -0.2) is 0 Å². The second-order valence-corrected chi connectivity index (χ2v) is 9.51. The fourth-order valence-electron chi connectivity index (χ4n) is 5.63. The maximum atomic E-state index is 14.0. The lowest BCUT2D eigenvalue weighted by Gasteiger charge is -2.42. The van der Waals surface area contributed by atoms with Gasteiger partial charge in [-0.3, -0.25) is 0 Å². The summed E-state index contributed by atoms with van der Waals surface area (Å²) in [6, 6.07) is 11.5. The van der Waals surface area contributed by atoms with Crippen LogP contribution in [0.5, 0.6) is 0 Å². The monoisotopic (exact) mass is 418 g/mol. The smallest absolute Gasteiger partial charge is 0.174 e. The molecule has 0 nitrogen and oxygen atoms in total. The van der Waals surface area contributed by atoms with Crippen LogP contribution < -0.4 is 0 Å². The van der Waals surface area contributed by atoms with Gasteiger partial charge in [0, 0.05) is 5.56 Å². The van der Waals surface area contributed by atoms with Gasteiger partial charge in [-0.25, -0.2) is 8.78 Å². The largest absolute Gasteiger partial charge is 0.203 e. The molecule has 2 aliphatic rings. The van der Waals surface area contributed by atoms with Gasteiger partial charge in [-0.05, 0) is 105 Å². The number of hydrogen-bond donors (Lipinski definition) is 0. The topological polar surface area (TPSA) is 0 Å². The summed E-state index contributed by atoms with van der Waals surface area (Å²) in [5.41, 5.74) is 2.63. The van der Waals surface area contributed by atoms with Gasteiger partial charge in [0.1, 0.15) is 0 Å². The van der Waals surface area contributed by atoms with Crippen molar-refractivity contribution in [1.82, 2.24) is 0 Å². The van der Waals surface area contributed by atoms with E-state index in [1.54, 1.807) is 19.1 Å². The van der Waals surface area contributed by atoms with E-state index in [1.165, 1.54) is 50.5 Å². The van der Waals surface area contributed by atoms with Crippen molar-refractivity contribution < 1.29 is 8.78 Å². The number of fused-ring (bicyclic) bond motifs is 1. The minimum atomic E-state index is -0.861. The first-order valence-corrected chi connectivity index (χ1v) is 11.7. The zero-order valence-corrected chi connectivity index (χ0v) is 18.5. The van der Waals surface area contributed by atoms with Crippen LogP contribution in [0.15, 0.2) is 49.1 Å². The number of rotatable bonds is 4. The van der Waals surface area contributed by atoms with Crippen molar-refractivity contribution >= 4 is 0 Å². The van der Waals surface area contributed by atoms with E-state index in [-0.39, 0.29) is 5.56 Å². The molecule has 0 N–H and O–H groups in total. The fourth-order valence-corrected chi connectivity index (χ4v) is 5.63. The van der Waals surface area contributed by atoms with Gasteiger partial charge in [0.05, 0.1) is 5.56 Å². The molecule has 0 amide bonds. The molecular weight excluding hydrogens is 386 g/mol. The first-order valence-electron chi connectivity index (χ1n) is 11.7. The van der Waals surface area contributed by atoms with Gasteiger partial charge in [0.15, 0.2) is 11.6 Å². The number of benzene rings is 2. The Morgan fingerprint density at radius 3 is 2.42 bits per heavy atom. The van der Waals surface area contributed by atoms with E-state index in [1.807, 2.05) is 12.1 Å². The van der Waals surface area contributed by atoms with Crippen molar-refractivity contribution in [1.29, 1.82) is 0 Å². The maximum absolute atomic E-state index is 14.0. The third kappa shape index (κ3) is 5.09. The van der Waals surface area contributed by atoms with Crippen molar-refractivity contribution in [3.05, 3.63) is 82.9 Å². The third-order valence-electron chi connectivity index (χ3n) is 7.50. The fraction of sp³-hybridized carbons (Fsp3) is 0.448. The molecule has 0 radical (unpaired) electrons. The summed E-state index contributed by atoms with van der Waals surface area (Å²) in [7, 11) is 0. The van der Waals surface area contributed by atoms with E-state index < -0.39 is 11.6 Å². The Labute approximate surface area is 185 Å². The average molecular weight is 419 g/mol. The summed E-state index contributed by atoms with van der Waals surface area (Å²) in [6.07, 6.45) is 12.6. The molecule has 0 spiro atoms. The molecule has 2 saturated carbocycles. The predicted molar refractivity (Wildman–Crippen MR) is 124 cm³/mol. The molecule has 31 heavy (non-hydrogen) atoms. The van der Waals surface area contributed by atoms with E-state index in [9.17, 15) is 8.78 Å². The molecule has 0 heterocycles. The maximum Gasteiger partial charge on any atom is 0.174 e. The molecule has 2 heteroatoms. The Kier molecular flexibility index (Phi) is 6.91. The number of allylic oxidation sites excluding steroid dienone is 1. The number of aryl methyl sites for hydroxylation is 1. The molecule has 2 aromatic carbocycles. The van der Waals surface area contributed by atoms with E-state index in [2.05, 4.69) is 36.6 Å². The van der Waals surface area contributed by atoms with Crippen LogP contribution in [0.25, 0.3) is 0 Å². The van der Waals surface area contributed by atoms with Crippen LogP contribution in [0.3, 0.4) is 0 Å². The van der Waals surface area contributed by atoms with E-state index in [4.69, 9.17) is 0 Å². The van der Waals surface area contributed by atoms with Crippen LogP contribution in [0, 0.1) is 48.2 Å². The van der Waals surface area contributed by atoms with E-state index in [0.717, 1.165) is 29.7 Å². The third-order valence-corrected chi connectivity index (χ3v) is 7.50. The summed E-state index contributed by atoms with van der Waals surface area (Å²) in [5, 5.41) is 0. The first-order chi connectivity index (χ1) is 15.0. The Balaban J connectivity index is 1.38. The quantitative estimate of drug-likeness (QED) is 0.349. The summed E-state index contributed by atoms with van der Waals surface area (Å²) in [6.45, 7) is 5.43. The lowest BCUT2D eigenvalue weighted by atomic mass is 9.63. The molecule has 0 saturated heterocycles. The van der Waals surface area contributed by atoms with Gasteiger partial charge < -0.3 is 0 Å². The minimum Gasteiger partial charge on any atom is -0.203 e. The molecule has 0 aromatic heterocycles. The highest BCUT2D eigenvalue weighted by molar-refractivity contribution is 5.45. The predicted octanol–water partition coefficient (Wildman–Crippen LogP) is 7.94. The lowest BCUT2D eigenvalue weighted by Crippen LogP contribution is -2.30. The summed E-state index contributed by atoms with van der Waals surface area (Å²) in [5.74, 6) is 7.41. The molecule has 2 fully saturated rings. The van der Waals surface area contributed by atoms with Crippen LogP contribution >= 0.6 is 0 Å². The Hall–Kier alpha value is -2.40. The molecule has 4 rings (SSSR count). The van der Waals surface area contributed by atoms with Gasteiger partial charge in [-0.1, -0.05) is 42.5 Å². The van der Waals surface area contributed by atoms with Crippen molar-refractivity contribution in [3.8, 4) is 11.8 Å². The summed E-state index contributed by atoms with van der Waals surface area (Å²) < 4.78 is 27.7. The van der Waals surface area contributed by atoms with Crippen LogP contribution in [-0.2, 0) is 0 Å². The highest BCUT2D eigenvalue weighted by Crippen LogP contribution is 2.48. The zero-order valence-electron chi connectivity index (χ0n) is 18.5. The average Bonchev–Trinajstić information content (AvgIpc) is 2.80. The van der Waals surface area contributed by atoms with Crippen molar-refractivity contribution in [2.75, 3.05) is 0 Å². The Bertz CT molecular complexity index is 976. The summed E-state index contributed by atoms with van der Waals surface area (Å²) >= 11 is 0. The molecule has 2 aliphatic carbocycles. The van der Waals surface area contributed by atoms with Crippen molar-refractivity contribution in [3.63, 3.8) is 0 Å². The Morgan fingerprint density at radius 1 is 0.903 bits per heavy atom. The standard InChI is InChI=1S/C29H32F2/c1-3-4-5-22-10-15-27-19-26(17-16-25(27)18-22)23-12-7-21(8-13-23)9-14-24-11-6-20(2)28(30)29(24)31/h3,6-8,11-13,22,25-27H,1,4-5,10,15-19H2,2H3. The van der Waals surface area contributed by atoms with E-state index in [0.29, 0.717) is 11.5 Å². The van der Waals surface area contributed by atoms with Crippen molar-refractivity contribution in [2.24, 2.45) is 17.8 Å². The zero-order chi connectivity index (χ0) is 21.8. The van der Waals surface area contributed by atoms with Gasteiger partial charge in [-0.2, -0.15) is 0 Å². The molecule has 4 unspecified atom stereocenters. The van der Waals surface area contributed by atoms with E-state index >= 15 is 0 Å². The van der Waals surface area contributed by atoms with Crippen LogP contribution in [0.1, 0.15) is 79.5 Å². The number of hydrogen-bond acceptors (Lipinski definition) is 0. The number of halogens is 2.